The lowest BCUT2D eigenvalue weighted by atomic mass is 10.1. The van der Waals surface area contributed by atoms with Crippen LogP contribution in [0.4, 0.5) is 20.4 Å². The number of benzene rings is 1. The summed E-state index contributed by atoms with van der Waals surface area (Å²) in [6, 6.07) is 6.89. The molecule has 0 N–H and O–H groups in total. The Bertz CT molecular complexity index is 964. The Labute approximate surface area is 165 Å². The minimum atomic E-state index is -0.774. The number of amidine groups is 1. The molecule has 1 aromatic carbocycles. The predicted molar refractivity (Wildman–Crippen MR) is 107 cm³/mol. The molecule has 0 aliphatic carbocycles. The molecule has 0 radical (unpaired) electrons. The molecule has 3 heterocycles. The number of furan rings is 1. The van der Waals surface area contributed by atoms with Gasteiger partial charge >= 0.3 is 0 Å². The summed E-state index contributed by atoms with van der Waals surface area (Å²) in [5.41, 5.74) is -0.0183. The van der Waals surface area contributed by atoms with Gasteiger partial charge in [-0.05, 0) is 49.2 Å². The number of carbonyl (C=O) groups excluding carboxylic acids is 1. The average molecular weight is 403 g/mol. The molecule has 5 nitrogen and oxygen atoms in total. The molecule has 2 aromatic rings. The van der Waals surface area contributed by atoms with Gasteiger partial charge in [0.15, 0.2) is 16.9 Å². The molecular formula is C20H19F2N3O2S. The van der Waals surface area contributed by atoms with E-state index in [0.717, 1.165) is 55.7 Å². The SMILES string of the molecule is CN1C(=O)/C(=C\c2ccc(N3CCCCC3)o2)SC1=Nc1ccc(F)cc1F. The number of aliphatic imine (C=N–C) groups is 1. The standard InChI is InChI=1S/C20H19F2N3O2S/c1-24-19(26)17(28-20(24)23-16-7-5-13(21)11-15(16)22)12-14-6-8-18(27-14)25-9-3-2-4-10-25/h5-8,11-12H,2-4,9-10H2,1H3/b17-12+,23-20?. The maximum Gasteiger partial charge on any atom is 0.266 e. The third-order valence-electron chi connectivity index (χ3n) is 4.68. The number of amides is 1. The summed E-state index contributed by atoms with van der Waals surface area (Å²) < 4.78 is 32.8. The Balaban J connectivity index is 1.55. The van der Waals surface area contributed by atoms with Gasteiger partial charge in [0, 0.05) is 38.3 Å². The van der Waals surface area contributed by atoms with Crippen molar-refractivity contribution >= 4 is 40.5 Å². The first-order valence-electron chi connectivity index (χ1n) is 9.07. The second kappa shape index (κ2) is 7.79. The lowest BCUT2D eigenvalue weighted by Gasteiger charge is -2.25. The number of carbonyl (C=O) groups is 1. The zero-order valence-electron chi connectivity index (χ0n) is 15.3. The normalized spacial score (nSPS) is 20.6. The molecule has 2 fully saturated rings. The molecular weight excluding hydrogens is 384 g/mol. The fourth-order valence-corrected chi connectivity index (χ4v) is 4.12. The molecule has 0 bridgehead atoms. The summed E-state index contributed by atoms with van der Waals surface area (Å²) in [6.45, 7) is 1.94. The number of nitrogens with zero attached hydrogens (tertiary/aromatic N) is 3. The number of anilines is 1. The van der Waals surface area contributed by atoms with Crippen LogP contribution in [0, 0.1) is 11.6 Å². The van der Waals surface area contributed by atoms with Gasteiger partial charge in [0.05, 0.1) is 4.91 Å². The molecule has 1 amide bonds. The Morgan fingerprint density at radius 3 is 2.68 bits per heavy atom. The fourth-order valence-electron chi connectivity index (χ4n) is 3.16. The van der Waals surface area contributed by atoms with Crippen LogP contribution in [0.1, 0.15) is 25.0 Å². The highest BCUT2D eigenvalue weighted by Gasteiger charge is 2.31. The summed E-state index contributed by atoms with van der Waals surface area (Å²) >= 11 is 1.13. The van der Waals surface area contributed by atoms with Crippen LogP contribution in [0.2, 0.25) is 0 Å². The van der Waals surface area contributed by atoms with Crippen molar-refractivity contribution in [3.63, 3.8) is 0 Å². The fraction of sp³-hybridized carbons (Fsp3) is 0.300. The van der Waals surface area contributed by atoms with Crippen LogP contribution < -0.4 is 4.90 Å². The van der Waals surface area contributed by atoms with Crippen molar-refractivity contribution in [1.82, 2.24) is 4.90 Å². The maximum atomic E-state index is 13.9. The van der Waals surface area contributed by atoms with Crippen LogP contribution in [-0.2, 0) is 4.79 Å². The van der Waals surface area contributed by atoms with Crippen LogP contribution in [0.25, 0.3) is 6.08 Å². The van der Waals surface area contributed by atoms with E-state index in [0.29, 0.717) is 15.8 Å². The number of likely N-dealkylation sites (N-methyl/N-ethyl adjacent to an activating group) is 1. The Morgan fingerprint density at radius 1 is 1.14 bits per heavy atom. The monoisotopic (exact) mass is 403 g/mol. The molecule has 0 unspecified atom stereocenters. The zero-order chi connectivity index (χ0) is 19.7. The van der Waals surface area contributed by atoms with E-state index in [2.05, 4.69) is 9.89 Å². The number of thioether (sulfide) groups is 1. The highest BCUT2D eigenvalue weighted by Crippen LogP contribution is 2.34. The third kappa shape index (κ3) is 3.82. The molecule has 4 rings (SSSR count). The summed E-state index contributed by atoms with van der Waals surface area (Å²) in [6.07, 6.45) is 5.20. The van der Waals surface area contributed by atoms with E-state index in [4.69, 9.17) is 4.42 Å². The topological polar surface area (TPSA) is 49.1 Å². The van der Waals surface area contributed by atoms with Gasteiger partial charge in [-0.3, -0.25) is 9.69 Å². The lowest BCUT2D eigenvalue weighted by Crippen LogP contribution is -2.28. The van der Waals surface area contributed by atoms with Gasteiger partial charge < -0.3 is 9.32 Å². The quantitative estimate of drug-likeness (QED) is 0.692. The van der Waals surface area contributed by atoms with E-state index >= 15 is 0 Å². The van der Waals surface area contributed by atoms with E-state index in [-0.39, 0.29) is 11.6 Å². The van der Waals surface area contributed by atoms with Crippen LogP contribution >= 0.6 is 11.8 Å². The summed E-state index contributed by atoms with van der Waals surface area (Å²) in [5.74, 6) is -0.310. The van der Waals surface area contributed by atoms with Crippen LogP contribution in [0.15, 0.2) is 44.6 Å². The van der Waals surface area contributed by atoms with E-state index in [1.54, 1.807) is 13.1 Å². The van der Waals surface area contributed by atoms with Gasteiger partial charge in [-0.2, -0.15) is 0 Å². The molecule has 8 heteroatoms. The van der Waals surface area contributed by atoms with Crippen molar-refractivity contribution < 1.29 is 18.0 Å². The van der Waals surface area contributed by atoms with Gasteiger partial charge in [0.1, 0.15) is 17.3 Å². The van der Waals surface area contributed by atoms with Crippen molar-refractivity contribution in [2.45, 2.75) is 19.3 Å². The number of piperidine rings is 1. The predicted octanol–water partition coefficient (Wildman–Crippen LogP) is 4.78. The van der Waals surface area contributed by atoms with Crippen LogP contribution in [-0.4, -0.2) is 36.1 Å². The number of hydrogen-bond donors (Lipinski definition) is 0. The van der Waals surface area contributed by atoms with Crippen molar-refractivity contribution in [2.24, 2.45) is 4.99 Å². The number of rotatable bonds is 3. The highest BCUT2D eigenvalue weighted by atomic mass is 32.2. The van der Waals surface area contributed by atoms with Crippen LogP contribution in [0.5, 0.6) is 0 Å². The van der Waals surface area contributed by atoms with E-state index in [9.17, 15) is 13.6 Å². The first kappa shape index (κ1) is 18.7. The van der Waals surface area contributed by atoms with Crippen molar-refractivity contribution in [1.29, 1.82) is 0 Å². The second-order valence-corrected chi connectivity index (χ2v) is 7.70. The summed E-state index contributed by atoms with van der Waals surface area (Å²) in [7, 11) is 1.57. The number of hydrogen-bond acceptors (Lipinski definition) is 5. The van der Waals surface area contributed by atoms with Crippen LogP contribution in [0.3, 0.4) is 0 Å². The zero-order valence-corrected chi connectivity index (χ0v) is 16.1. The largest absolute Gasteiger partial charge is 0.441 e. The molecule has 2 aliphatic rings. The Hall–Kier alpha value is -2.61. The van der Waals surface area contributed by atoms with Gasteiger partial charge in [0.25, 0.3) is 5.91 Å². The average Bonchev–Trinajstić information content (AvgIpc) is 3.26. The third-order valence-corrected chi connectivity index (χ3v) is 5.74. The molecule has 2 saturated heterocycles. The first-order valence-corrected chi connectivity index (χ1v) is 9.89. The molecule has 0 saturated carbocycles. The van der Waals surface area contributed by atoms with Gasteiger partial charge in [-0.1, -0.05) is 0 Å². The smallest absolute Gasteiger partial charge is 0.266 e. The molecule has 0 atom stereocenters. The molecule has 2 aliphatic heterocycles. The molecule has 28 heavy (non-hydrogen) atoms. The molecule has 146 valence electrons. The van der Waals surface area contributed by atoms with E-state index < -0.39 is 11.6 Å². The van der Waals surface area contributed by atoms with Crippen molar-refractivity contribution in [3.05, 3.63) is 52.6 Å². The van der Waals surface area contributed by atoms with Crippen molar-refractivity contribution in [3.8, 4) is 0 Å². The van der Waals surface area contributed by atoms with Gasteiger partial charge in [0.2, 0.25) is 0 Å². The lowest BCUT2D eigenvalue weighted by molar-refractivity contribution is -0.121. The van der Waals surface area contributed by atoms with E-state index in [1.165, 1.54) is 17.4 Å². The maximum absolute atomic E-state index is 13.9. The second-order valence-electron chi connectivity index (χ2n) is 6.69. The van der Waals surface area contributed by atoms with E-state index in [1.807, 2.05) is 12.1 Å². The summed E-state index contributed by atoms with van der Waals surface area (Å²) in [5, 5.41) is 0.324. The van der Waals surface area contributed by atoms with Gasteiger partial charge in [-0.25, -0.2) is 13.8 Å². The number of halogens is 2. The summed E-state index contributed by atoms with van der Waals surface area (Å²) in [4.78, 5) is 20.6. The minimum absolute atomic E-state index is 0.0183. The highest BCUT2D eigenvalue weighted by molar-refractivity contribution is 8.18. The Morgan fingerprint density at radius 2 is 1.93 bits per heavy atom. The first-order chi connectivity index (χ1) is 13.5. The molecule has 0 spiro atoms. The van der Waals surface area contributed by atoms with Crippen molar-refractivity contribution in [2.75, 3.05) is 25.0 Å². The Kier molecular flexibility index (Phi) is 5.21. The molecule has 1 aromatic heterocycles. The minimum Gasteiger partial charge on any atom is -0.441 e. The van der Waals surface area contributed by atoms with Gasteiger partial charge in [-0.15, -0.1) is 0 Å².